The Kier molecular flexibility index (Phi) is 6.20. The van der Waals surface area contributed by atoms with E-state index in [-0.39, 0.29) is 5.41 Å². The fourth-order valence-corrected chi connectivity index (χ4v) is 7.74. The molecule has 1 heterocycles. The zero-order valence-electron chi connectivity index (χ0n) is 26.6. The van der Waals surface area contributed by atoms with E-state index in [2.05, 4.69) is 193 Å². The summed E-state index contributed by atoms with van der Waals surface area (Å²) in [7, 11) is 0. The van der Waals surface area contributed by atoms with Crippen molar-refractivity contribution in [3.63, 3.8) is 0 Å². The standard InChI is InChI=1S/C45H34N2/c1-45(2)40-24-14-12-22-35(40)38-28-31(26-27-41(38)45)37-29-44-39(36-23-13-15-25-42(36)47(44)34-20-10-5-11-21-34)30-43(37)46(32-16-6-3-7-17-32)33-18-8-4-9-19-33/h3-30H,1-2H3. The average molecular weight is 603 g/mol. The van der Waals surface area contributed by atoms with E-state index in [0.717, 1.165) is 22.7 Å². The maximum Gasteiger partial charge on any atom is 0.0548 e. The van der Waals surface area contributed by atoms with Crippen LogP contribution in [0.2, 0.25) is 0 Å². The minimum atomic E-state index is -0.0446. The van der Waals surface area contributed by atoms with Crippen molar-refractivity contribution in [2.45, 2.75) is 19.3 Å². The molecule has 0 aliphatic heterocycles. The van der Waals surface area contributed by atoms with Crippen molar-refractivity contribution in [2.75, 3.05) is 4.90 Å². The molecule has 9 rings (SSSR count). The normalized spacial score (nSPS) is 13.1. The zero-order valence-corrected chi connectivity index (χ0v) is 26.6. The lowest BCUT2D eigenvalue weighted by Crippen LogP contribution is -2.14. The molecule has 0 N–H and O–H groups in total. The fourth-order valence-electron chi connectivity index (χ4n) is 7.74. The Hall–Kier alpha value is -5.86. The predicted octanol–water partition coefficient (Wildman–Crippen LogP) is 12.2. The molecular formula is C45H34N2. The van der Waals surface area contributed by atoms with E-state index >= 15 is 0 Å². The lowest BCUT2D eigenvalue weighted by molar-refractivity contribution is 0.660. The number of hydrogen-bond donors (Lipinski definition) is 0. The van der Waals surface area contributed by atoms with Gasteiger partial charge in [0.05, 0.1) is 16.7 Å². The highest BCUT2D eigenvalue weighted by atomic mass is 15.1. The number of rotatable bonds is 5. The molecule has 1 aliphatic carbocycles. The van der Waals surface area contributed by atoms with Crippen molar-refractivity contribution < 1.29 is 0 Å². The van der Waals surface area contributed by atoms with Crippen molar-refractivity contribution >= 4 is 38.9 Å². The summed E-state index contributed by atoms with van der Waals surface area (Å²) in [5, 5.41) is 2.47. The Morgan fingerprint density at radius 3 is 1.77 bits per heavy atom. The topological polar surface area (TPSA) is 8.17 Å². The fraction of sp³-hybridized carbons (Fsp3) is 0.0667. The SMILES string of the molecule is CC1(C)c2ccccc2-c2cc(-c3cc4c(cc3N(c3ccccc3)c3ccccc3)c3ccccc3n4-c3ccccc3)ccc21. The Balaban J connectivity index is 1.40. The first-order valence-corrected chi connectivity index (χ1v) is 16.4. The maximum absolute atomic E-state index is 2.43. The van der Waals surface area contributed by atoms with Gasteiger partial charge < -0.3 is 9.47 Å². The molecule has 0 unspecified atom stereocenters. The summed E-state index contributed by atoms with van der Waals surface area (Å²) >= 11 is 0. The van der Waals surface area contributed by atoms with Gasteiger partial charge in [-0.05, 0) is 88.5 Å². The predicted molar refractivity (Wildman–Crippen MR) is 198 cm³/mol. The molecular weight excluding hydrogens is 569 g/mol. The van der Waals surface area contributed by atoms with Crippen LogP contribution >= 0.6 is 0 Å². The zero-order chi connectivity index (χ0) is 31.5. The van der Waals surface area contributed by atoms with E-state index in [9.17, 15) is 0 Å². The summed E-state index contributed by atoms with van der Waals surface area (Å²) < 4.78 is 2.42. The number of aromatic nitrogens is 1. The van der Waals surface area contributed by atoms with E-state index in [4.69, 9.17) is 0 Å². The molecule has 47 heavy (non-hydrogen) atoms. The summed E-state index contributed by atoms with van der Waals surface area (Å²) in [5.74, 6) is 0. The molecule has 224 valence electrons. The largest absolute Gasteiger partial charge is 0.310 e. The number of hydrogen-bond acceptors (Lipinski definition) is 1. The Bertz CT molecular complexity index is 2380. The van der Waals surface area contributed by atoms with Crippen LogP contribution in [0.4, 0.5) is 17.1 Å². The monoisotopic (exact) mass is 602 g/mol. The summed E-state index contributed by atoms with van der Waals surface area (Å²) in [4.78, 5) is 2.41. The highest BCUT2D eigenvalue weighted by Crippen LogP contribution is 2.51. The number of fused-ring (bicyclic) bond motifs is 6. The number of para-hydroxylation sites is 4. The molecule has 7 aromatic carbocycles. The molecule has 2 nitrogen and oxygen atoms in total. The van der Waals surface area contributed by atoms with Crippen LogP contribution in [0.3, 0.4) is 0 Å². The smallest absolute Gasteiger partial charge is 0.0548 e. The first-order chi connectivity index (χ1) is 23.1. The molecule has 8 aromatic rings. The summed E-state index contributed by atoms with van der Waals surface area (Å²) in [6.07, 6.45) is 0. The molecule has 0 fully saturated rings. The highest BCUT2D eigenvalue weighted by Gasteiger charge is 2.35. The van der Waals surface area contributed by atoms with Crippen molar-refractivity contribution in [2.24, 2.45) is 0 Å². The molecule has 0 atom stereocenters. The van der Waals surface area contributed by atoms with Crippen molar-refractivity contribution in [1.29, 1.82) is 0 Å². The second-order valence-corrected chi connectivity index (χ2v) is 13.0. The number of anilines is 3. The molecule has 0 saturated carbocycles. The van der Waals surface area contributed by atoms with Gasteiger partial charge in [0.2, 0.25) is 0 Å². The molecule has 2 heteroatoms. The minimum Gasteiger partial charge on any atom is -0.310 e. The van der Waals surface area contributed by atoms with Crippen LogP contribution in [0.1, 0.15) is 25.0 Å². The van der Waals surface area contributed by atoms with Gasteiger partial charge in [-0.15, -0.1) is 0 Å². The average Bonchev–Trinajstić information content (AvgIpc) is 3.57. The van der Waals surface area contributed by atoms with E-state index in [0.29, 0.717) is 0 Å². The third-order valence-corrected chi connectivity index (χ3v) is 9.97. The lowest BCUT2D eigenvalue weighted by atomic mass is 9.82. The van der Waals surface area contributed by atoms with Gasteiger partial charge in [-0.2, -0.15) is 0 Å². The van der Waals surface area contributed by atoms with Crippen LogP contribution in [-0.4, -0.2) is 4.57 Å². The van der Waals surface area contributed by atoms with Gasteiger partial charge in [-0.1, -0.05) is 123 Å². The molecule has 0 spiro atoms. The Labute approximate surface area is 275 Å². The van der Waals surface area contributed by atoms with Crippen molar-refractivity contribution in [1.82, 2.24) is 4.57 Å². The van der Waals surface area contributed by atoms with E-state index in [1.54, 1.807) is 0 Å². The van der Waals surface area contributed by atoms with Crippen LogP contribution in [0.5, 0.6) is 0 Å². The van der Waals surface area contributed by atoms with E-state index in [1.165, 1.54) is 55.2 Å². The summed E-state index contributed by atoms with van der Waals surface area (Å²) in [6.45, 7) is 4.69. The third kappa shape index (κ3) is 4.26. The first kappa shape index (κ1) is 27.5. The van der Waals surface area contributed by atoms with Gasteiger partial charge in [0, 0.05) is 38.8 Å². The quantitative estimate of drug-likeness (QED) is 0.190. The van der Waals surface area contributed by atoms with Gasteiger partial charge >= 0.3 is 0 Å². The van der Waals surface area contributed by atoms with Gasteiger partial charge in [-0.25, -0.2) is 0 Å². The molecule has 1 aliphatic rings. The van der Waals surface area contributed by atoms with Crippen LogP contribution in [0.25, 0.3) is 49.7 Å². The number of nitrogens with zero attached hydrogens (tertiary/aromatic N) is 2. The van der Waals surface area contributed by atoms with Crippen molar-refractivity contribution in [3.05, 3.63) is 181 Å². The van der Waals surface area contributed by atoms with Crippen LogP contribution in [-0.2, 0) is 5.41 Å². The molecule has 0 radical (unpaired) electrons. The third-order valence-electron chi connectivity index (χ3n) is 9.97. The van der Waals surface area contributed by atoms with Gasteiger partial charge in [0.15, 0.2) is 0 Å². The van der Waals surface area contributed by atoms with Gasteiger partial charge in [0.1, 0.15) is 0 Å². The Morgan fingerprint density at radius 1 is 0.447 bits per heavy atom. The van der Waals surface area contributed by atoms with Crippen LogP contribution in [0, 0.1) is 0 Å². The van der Waals surface area contributed by atoms with Crippen LogP contribution < -0.4 is 4.90 Å². The van der Waals surface area contributed by atoms with Crippen LogP contribution in [0.15, 0.2) is 170 Å². The molecule has 0 bridgehead atoms. The lowest BCUT2D eigenvalue weighted by Gasteiger charge is -2.28. The summed E-state index contributed by atoms with van der Waals surface area (Å²) in [5.41, 5.74) is 14.7. The molecule has 0 saturated heterocycles. The number of benzene rings is 7. The maximum atomic E-state index is 2.43. The van der Waals surface area contributed by atoms with Gasteiger partial charge in [-0.3, -0.25) is 0 Å². The van der Waals surface area contributed by atoms with E-state index in [1.807, 2.05) is 0 Å². The van der Waals surface area contributed by atoms with Crippen molar-refractivity contribution in [3.8, 4) is 27.9 Å². The molecule has 1 aromatic heterocycles. The second kappa shape index (κ2) is 10.6. The highest BCUT2D eigenvalue weighted by molar-refractivity contribution is 6.13. The van der Waals surface area contributed by atoms with E-state index < -0.39 is 0 Å². The second-order valence-electron chi connectivity index (χ2n) is 13.0. The Morgan fingerprint density at radius 2 is 1.04 bits per heavy atom. The first-order valence-electron chi connectivity index (χ1n) is 16.4. The minimum absolute atomic E-state index is 0.0446. The molecule has 0 amide bonds. The van der Waals surface area contributed by atoms with Gasteiger partial charge in [0.25, 0.3) is 0 Å². The summed E-state index contributed by atoms with van der Waals surface area (Å²) in [6, 6.07) is 61.9.